The maximum absolute atomic E-state index is 11.2. The van der Waals surface area contributed by atoms with Gasteiger partial charge in [-0.15, -0.1) is 0 Å². The average molecular weight is 344 g/mol. The molecule has 0 aliphatic carbocycles. The minimum Gasteiger partial charge on any atom is -0.465 e. The zero-order valence-electron chi connectivity index (χ0n) is 14.8. The highest BCUT2D eigenvalue weighted by molar-refractivity contribution is 5.81. The van der Waals surface area contributed by atoms with Crippen LogP contribution in [0.1, 0.15) is 53.4 Å². The van der Waals surface area contributed by atoms with Gasteiger partial charge >= 0.3 is 5.97 Å². The van der Waals surface area contributed by atoms with Gasteiger partial charge in [0.1, 0.15) is 0 Å². The van der Waals surface area contributed by atoms with Crippen molar-refractivity contribution in [3.8, 4) is 0 Å². The van der Waals surface area contributed by atoms with Crippen LogP contribution in [0.25, 0.3) is 0 Å². The number of cyclic esters (lactones) is 1. The Hall–Kier alpha value is -1.70. The standard InChI is InChI=1S/C8H13NO4.C8H15NO2/c1-8(2,9(11)12)5-6-3-4-13-7(6)10;1-8(2)5-6(3-4-10)7(11)9-8/h6H,3-5H2,1-2H3;6,10H,3-5H2,1-2H3,(H,9,11). The largest absolute Gasteiger partial charge is 0.465 e. The van der Waals surface area contributed by atoms with E-state index >= 15 is 0 Å². The highest BCUT2D eigenvalue weighted by atomic mass is 16.6. The second-order valence-electron chi connectivity index (χ2n) is 7.71. The normalized spacial score (nSPS) is 25.5. The van der Waals surface area contributed by atoms with E-state index in [-0.39, 0.29) is 47.2 Å². The van der Waals surface area contributed by atoms with Crippen LogP contribution < -0.4 is 5.32 Å². The Morgan fingerprint density at radius 3 is 2.38 bits per heavy atom. The Morgan fingerprint density at radius 2 is 2.00 bits per heavy atom. The summed E-state index contributed by atoms with van der Waals surface area (Å²) < 4.78 is 4.73. The molecular formula is C16H28N2O6. The van der Waals surface area contributed by atoms with Gasteiger partial charge < -0.3 is 15.2 Å². The van der Waals surface area contributed by atoms with Crippen molar-refractivity contribution in [3.63, 3.8) is 0 Å². The smallest absolute Gasteiger partial charge is 0.309 e. The van der Waals surface area contributed by atoms with Crippen LogP contribution in [0.2, 0.25) is 0 Å². The Balaban J connectivity index is 0.000000243. The highest BCUT2D eigenvalue weighted by Crippen LogP contribution is 2.27. The Kier molecular flexibility index (Phi) is 6.71. The monoisotopic (exact) mass is 344 g/mol. The zero-order chi connectivity index (χ0) is 18.5. The predicted molar refractivity (Wildman–Crippen MR) is 86.8 cm³/mol. The molecule has 0 aromatic heterocycles. The summed E-state index contributed by atoms with van der Waals surface area (Å²) in [5.74, 6) is -0.477. The van der Waals surface area contributed by atoms with Gasteiger partial charge in [0.05, 0.1) is 12.5 Å². The fourth-order valence-corrected chi connectivity index (χ4v) is 2.98. The third kappa shape index (κ3) is 5.74. The van der Waals surface area contributed by atoms with E-state index in [9.17, 15) is 19.7 Å². The number of carbonyl (C=O) groups is 2. The van der Waals surface area contributed by atoms with Gasteiger partial charge in [0.25, 0.3) is 0 Å². The summed E-state index contributed by atoms with van der Waals surface area (Å²) in [6.45, 7) is 7.56. The summed E-state index contributed by atoms with van der Waals surface area (Å²) in [7, 11) is 0. The summed E-state index contributed by atoms with van der Waals surface area (Å²) in [6, 6.07) is 0. The molecule has 2 aliphatic heterocycles. The maximum Gasteiger partial charge on any atom is 0.309 e. The van der Waals surface area contributed by atoms with E-state index in [0.29, 0.717) is 19.4 Å². The summed E-state index contributed by atoms with van der Waals surface area (Å²) >= 11 is 0. The molecule has 0 aromatic rings. The number of aliphatic hydroxyl groups excluding tert-OH is 1. The van der Waals surface area contributed by atoms with Crippen LogP contribution in [0.3, 0.4) is 0 Å². The van der Waals surface area contributed by atoms with Crippen molar-refractivity contribution in [1.82, 2.24) is 5.32 Å². The molecule has 2 N–H and O–H groups in total. The number of esters is 1. The molecule has 2 heterocycles. The number of nitro groups is 1. The third-order valence-electron chi connectivity index (χ3n) is 4.35. The molecule has 0 aromatic carbocycles. The molecule has 0 spiro atoms. The highest BCUT2D eigenvalue weighted by Gasteiger charge is 2.39. The molecule has 2 rings (SSSR count). The van der Waals surface area contributed by atoms with E-state index < -0.39 is 5.54 Å². The van der Waals surface area contributed by atoms with Gasteiger partial charge in [-0.1, -0.05) is 0 Å². The van der Waals surface area contributed by atoms with Crippen molar-refractivity contribution in [2.45, 2.75) is 64.5 Å². The molecule has 2 fully saturated rings. The fourth-order valence-electron chi connectivity index (χ4n) is 2.98. The molecule has 0 saturated carbocycles. The van der Waals surface area contributed by atoms with Gasteiger partial charge in [-0.05, 0) is 33.1 Å². The van der Waals surface area contributed by atoms with Crippen LogP contribution in [0, 0.1) is 22.0 Å². The number of aliphatic hydroxyl groups is 1. The van der Waals surface area contributed by atoms with Crippen LogP contribution in [0.5, 0.6) is 0 Å². The summed E-state index contributed by atoms with van der Waals surface area (Å²) in [5.41, 5.74) is -1.11. The van der Waals surface area contributed by atoms with Crippen LogP contribution in [-0.4, -0.2) is 46.2 Å². The molecule has 8 heteroatoms. The first-order valence-electron chi connectivity index (χ1n) is 8.22. The predicted octanol–water partition coefficient (Wildman–Crippen LogP) is 1.28. The molecule has 138 valence electrons. The van der Waals surface area contributed by atoms with E-state index in [1.807, 2.05) is 13.8 Å². The van der Waals surface area contributed by atoms with Gasteiger partial charge in [0, 0.05) is 43.3 Å². The number of carbonyl (C=O) groups excluding carboxylic acids is 2. The van der Waals surface area contributed by atoms with Gasteiger partial charge in [-0.3, -0.25) is 19.7 Å². The quantitative estimate of drug-likeness (QED) is 0.440. The second-order valence-corrected chi connectivity index (χ2v) is 7.71. The number of nitrogens with one attached hydrogen (secondary N) is 1. The lowest BCUT2D eigenvalue weighted by Crippen LogP contribution is -2.34. The van der Waals surface area contributed by atoms with Gasteiger partial charge in [-0.2, -0.15) is 0 Å². The third-order valence-corrected chi connectivity index (χ3v) is 4.35. The SMILES string of the molecule is CC(C)(CC1CCOC1=O)[N+](=O)[O-].CC1(C)CC(CCO)C(=O)N1. The van der Waals surface area contributed by atoms with Gasteiger partial charge in [0.15, 0.2) is 0 Å². The van der Waals surface area contributed by atoms with Crippen LogP contribution in [-0.2, 0) is 14.3 Å². The van der Waals surface area contributed by atoms with Crippen molar-refractivity contribution in [3.05, 3.63) is 10.1 Å². The van der Waals surface area contributed by atoms with E-state index in [4.69, 9.17) is 9.84 Å². The second kappa shape index (κ2) is 7.92. The number of hydrogen-bond acceptors (Lipinski definition) is 6. The molecule has 8 nitrogen and oxygen atoms in total. The molecule has 2 aliphatic rings. The molecule has 2 unspecified atom stereocenters. The van der Waals surface area contributed by atoms with Crippen molar-refractivity contribution in [2.75, 3.05) is 13.2 Å². The van der Waals surface area contributed by atoms with Crippen molar-refractivity contribution < 1.29 is 24.4 Å². The lowest BCUT2D eigenvalue weighted by molar-refractivity contribution is -0.562. The lowest BCUT2D eigenvalue weighted by atomic mass is 9.90. The van der Waals surface area contributed by atoms with E-state index in [1.165, 1.54) is 13.8 Å². The van der Waals surface area contributed by atoms with Crippen LogP contribution in [0.15, 0.2) is 0 Å². The van der Waals surface area contributed by atoms with Gasteiger partial charge in [0.2, 0.25) is 11.4 Å². The lowest BCUT2D eigenvalue weighted by Gasteiger charge is -2.17. The minimum absolute atomic E-state index is 0.0231. The Bertz CT molecular complexity index is 489. The van der Waals surface area contributed by atoms with Crippen molar-refractivity contribution >= 4 is 11.9 Å². The number of hydrogen-bond donors (Lipinski definition) is 2. The van der Waals surface area contributed by atoms with Crippen molar-refractivity contribution in [2.24, 2.45) is 11.8 Å². The van der Waals surface area contributed by atoms with Crippen LogP contribution >= 0.6 is 0 Å². The number of rotatable bonds is 5. The first-order chi connectivity index (χ1) is 11.0. The summed E-state index contributed by atoms with van der Waals surface area (Å²) in [5, 5.41) is 22.1. The Morgan fingerprint density at radius 1 is 1.38 bits per heavy atom. The minimum atomic E-state index is -1.03. The molecule has 24 heavy (non-hydrogen) atoms. The van der Waals surface area contributed by atoms with E-state index in [2.05, 4.69) is 5.32 Å². The number of nitrogens with zero attached hydrogens (tertiary/aromatic N) is 1. The molecule has 1 amide bonds. The van der Waals surface area contributed by atoms with Gasteiger partial charge in [-0.25, -0.2) is 0 Å². The Labute approximate surface area is 142 Å². The molecule has 2 atom stereocenters. The zero-order valence-corrected chi connectivity index (χ0v) is 14.8. The summed E-state index contributed by atoms with van der Waals surface area (Å²) in [4.78, 5) is 32.4. The fraction of sp³-hybridized carbons (Fsp3) is 0.875. The average Bonchev–Trinajstić information content (AvgIpc) is 2.94. The molecular weight excluding hydrogens is 316 g/mol. The first-order valence-corrected chi connectivity index (χ1v) is 8.22. The molecule has 0 radical (unpaired) electrons. The topological polar surface area (TPSA) is 119 Å². The van der Waals surface area contributed by atoms with Crippen molar-refractivity contribution in [1.29, 1.82) is 0 Å². The number of amides is 1. The molecule has 0 bridgehead atoms. The summed E-state index contributed by atoms with van der Waals surface area (Å²) in [6.07, 6.45) is 2.30. The number of ether oxygens (including phenoxy) is 1. The van der Waals surface area contributed by atoms with Crippen LogP contribution in [0.4, 0.5) is 0 Å². The first kappa shape index (κ1) is 20.3. The van der Waals surface area contributed by atoms with E-state index in [0.717, 1.165) is 6.42 Å². The maximum atomic E-state index is 11.2. The molecule has 2 saturated heterocycles. The van der Waals surface area contributed by atoms with E-state index in [1.54, 1.807) is 0 Å².